The van der Waals surface area contributed by atoms with Gasteiger partial charge in [-0.1, -0.05) is 68.9 Å². The van der Waals surface area contributed by atoms with E-state index in [-0.39, 0.29) is 0 Å². The predicted molar refractivity (Wildman–Crippen MR) is 86.3 cm³/mol. The molecule has 1 aromatic rings. The van der Waals surface area contributed by atoms with Crippen molar-refractivity contribution in [2.45, 2.75) is 52.5 Å². The fraction of sp³-hybridized carbons (Fsp3) is 0.625. The molecule has 0 saturated carbocycles. The number of hydrogen-bond donors (Lipinski definition) is 1. The van der Waals surface area contributed by atoms with E-state index in [2.05, 4.69) is 32.2 Å². The number of nitrogens with one attached hydrogen (secondary N) is 1. The van der Waals surface area contributed by atoms with Crippen LogP contribution in [0.25, 0.3) is 0 Å². The molecule has 0 saturated heterocycles. The van der Waals surface area contributed by atoms with Crippen LogP contribution in [0, 0.1) is 5.92 Å². The van der Waals surface area contributed by atoms with E-state index in [1.54, 1.807) is 0 Å². The van der Waals surface area contributed by atoms with Crippen LogP contribution in [0.3, 0.4) is 0 Å². The lowest BCUT2D eigenvalue weighted by Crippen LogP contribution is -2.38. The topological polar surface area (TPSA) is 12.0 Å². The zero-order valence-corrected chi connectivity index (χ0v) is 13.7. The zero-order valence-electron chi connectivity index (χ0n) is 12.2. The minimum absolute atomic E-state index is 0.478. The lowest BCUT2D eigenvalue weighted by Gasteiger charge is -2.27. The maximum Gasteiger partial charge on any atom is 0.0624 e. The predicted octanol–water partition coefficient (Wildman–Crippen LogP) is 5.34. The summed E-state index contributed by atoms with van der Waals surface area (Å²) < 4.78 is 0. The lowest BCUT2D eigenvalue weighted by molar-refractivity contribution is 0.332. The lowest BCUT2D eigenvalue weighted by atomic mass is 9.89. The summed E-state index contributed by atoms with van der Waals surface area (Å²) in [6.07, 6.45) is 4.48. The Morgan fingerprint density at radius 3 is 2.37 bits per heavy atom. The molecule has 0 aliphatic carbocycles. The Balaban J connectivity index is 2.83. The van der Waals surface area contributed by atoms with Crippen molar-refractivity contribution in [3.8, 4) is 0 Å². The molecule has 0 radical (unpaired) electrons. The van der Waals surface area contributed by atoms with E-state index in [1.165, 1.54) is 12.8 Å². The smallest absolute Gasteiger partial charge is 0.0624 e. The minimum Gasteiger partial charge on any atom is -0.313 e. The molecular weight excluding hydrogens is 277 g/mol. The molecule has 0 amide bonds. The molecule has 1 unspecified atom stereocenters. The Morgan fingerprint density at radius 1 is 1.11 bits per heavy atom. The van der Waals surface area contributed by atoms with Gasteiger partial charge in [0.1, 0.15) is 0 Å². The number of hydrogen-bond acceptors (Lipinski definition) is 1. The van der Waals surface area contributed by atoms with Crippen LogP contribution in [0.1, 0.15) is 45.6 Å². The Kier molecular flexibility index (Phi) is 7.82. The van der Waals surface area contributed by atoms with Gasteiger partial charge in [0, 0.05) is 6.04 Å². The van der Waals surface area contributed by atoms with Gasteiger partial charge in [0.25, 0.3) is 0 Å². The van der Waals surface area contributed by atoms with Crippen molar-refractivity contribution < 1.29 is 0 Å². The van der Waals surface area contributed by atoms with E-state index in [0.29, 0.717) is 22.0 Å². The normalized spacial score (nSPS) is 12.9. The highest BCUT2D eigenvalue weighted by atomic mass is 35.5. The Hall–Kier alpha value is -0.240. The van der Waals surface area contributed by atoms with Gasteiger partial charge < -0.3 is 5.32 Å². The van der Waals surface area contributed by atoms with Crippen molar-refractivity contribution in [3.63, 3.8) is 0 Å². The summed E-state index contributed by atoms with van der Waals surface area (Å²) in [6.45, 7) is 7.77. The highest BCUT2D eigenvalue weighted by Crippen LogP contribution is 2.28. The summed E-state index contributed by atoms with van der Waals surface area (Å²) in [5, 5.41) is 5.02. The van der Waals surface area contributed by atoms with Crippen molar-refractivity contribution in [3.05, 3.63) is 33.8 Å². The van der Waals surface area contributed by atoms with Crippen molar-refractivity contribution in [1.82, 2.24) is 5.32 Å². The van der Waals surface area contributed by atoms with E-state index in [1.807, 2.05) is 12.1 Å². The van der Waals surface area contributed by atoms with E-state index in [4.69, 9.17) is 23.2 Å². The van der Waals surface area contributed by atoms with Crippen molar-refractivity contribution in [1.29, 1.82) is 0 Å². The molecule has 1 atom stereocenters. The standard InChI is InChI=1S/C16H25Cl2N/c1-4-10-19-15(12(5-2)6-3)11-13-8-7-9-14(17)16(13)18/h7-9,12,15,19H,4-6,10-11H2,1-3H3. The summed E-state index contributed by atoms with van der Waals surface area (Å²) in [5.74, 6) is 0.682. The van der Waals surface area contributed by atoms with Gasteiger partial charge in [-0.25, -0.2) is 0 Å². The molecule has 0 aliphatic rings. The summed E-state index contributed by atoms with van der Waals surface area (Å²) in [7, 11) is 0. The van der Waals surface area contributed by atoms with Crippen LogP contribution in [-0.4, -0.2) is 12.6 Å². The maximum absolute atomic E-state index is 6.30. The molecule has 0 fully saturated rings. The Labute approximate surface area is 127 Å². The monoisotopic (exact) mass is 301 g/mol. The van der Waals surface area contributed by atoms with Gasteiger partial charge in [-0.2, -0.15) is 0 Å². The largest absolute Gasteiger partial charge is 0.313 e. The summed E-state index contributed by atoms with van der Waals surface area (Å²) >= 11 is 12.4. The molecule has 0 aromatic heterocycles. The molecule has 0 heterocycles. The highest BCUT2D eigenvalue weighted by Gasteiger charge is 2.19. The average Bonchev–Trinajstić information content (AvgIpc) is 2.42. The van der Waals surface area contributed by atoms with Gasteiger partial charge in [-0.05, 0) is 36.9 Å². The van der Waals surface area contributed by atoms with Gasteiger partial charge in [-0.3, -0.25) is 0 Å². The maximum atomic E-state index is 6.30. The molecule has 3 heteroatoms. The molecule has 1 nitrogen and oxygen atoms in total. The summed E-state index contributed by atoms with van der Waals surface area (Å²) in [4.78, 5) is 0. The quantitative estimate of drug-likeness (QED) is 0.683. The van der Waals surface area contributed by atoms with Gasteiger partial charge in [-0.15, -0.1) is 0 Å². The first-order valence-electron chi connectivity index (χ1n) is 7.30. The van der Waals surface area contributed by atoms with Crippen LogP contribution in [0.4, 0.5) is 0 Å². The van der Waals surface area contributed by atoms with Gasteiger partial charge in [0.05, 0.1) is 10.0 Å². The average molecular weight is 302 g/mol. The van der Waals surface area contributed by atoms with Crippen LogP contribution in [0.15, 0.2) is 18.2 Å². The molecule has 1 N–H and O–H groups in total. The van der Waals surface area contributed by atoms with Crippen LogP contribution < -0.4 is 5.32 Å². The third kappa shape index (κ3) is 4.98. The second-order valence-corrected chi connectivity index (χ2v) is 5.84. The van der Waals surface area contributed by atoms with Gasteiger partial charge >= 0.3 is 0 Å². The second-order valence-electron chi connectivity index (χ2n) is 5.05. The van der Waals surface area contributed by atoms with E-state index in [9.17, 15) is 0 Å². The van der Waals surface area contributed by atoms with Crippen molar-refractivity contribution >= 4 is 23.2 Å². The molecule has 1 aromatic carbocycles. The summed E-state index contributed by atoms with van der Waals surface area (Å²) in [5.41, 5.74) is 1.15. The molecule has 0 aliphatic heterocycles. The summed E-state index contributed by atoms with van der Waals surface area (Å²) in [6, 6.07) is 6.38. The fourth-order valence-electron chi connectivity index (χ4n) is 2.54. The first-order chi connectivity index (χ1) is 9.13. The zero-order chi connectivity index (χ0) is 14.3. The Bertz CT molecular complexity index is 375. The first kappa shape index (κ1) is 16.8. The second kappa shape index (κ2) is 8.84. The van der Waals surface area contributed by atoms with Crippen LogP contribution >= 0.6 is 23.2 Å². The van der Waals surface area contributed by atoms with E-state index >= 15 is 0 Å². The van der Waals surface area contributed by atoms with E-state index < -0.39 is 0 Å². The number of halogens is 2. The number of benzene rings is 1. The van der Waals surface area contributed by atoms with Crippen LogP contribution in [0.5, 0.6) is 0 Å². The van der Waals surface area contributed by atoms with Gasteiger partial charge in [0.15, 0.2) is 0 Å². The molecule has 108 valence electrons. The fourth-order valence-corrected chi connectivity index (χ4v) is 2.93. The molecule has 0 bridgehead atoms. The van der Waals surface area contributed by atoms with E-state index in [0.717, 1.165) is 24.9 Å². The molecule has 0 spiro atoms. The SMILES string of the molecule is CCCNC(Cc1cccc(Cl)c1Cl)C(CC)CC. The minimum atomic E-state index is 0.478. The van der Waals surface area contributed by atoms with Crippen LogP contribution in [0.2, 0.25) is 10.0 Å². The highest BCUT2D eigenvalue weighted by molar-refractivity contribution is 6.42. The van der Waals surface area contributed by atoms with Crippen molar-refractivity contribution in [2.75, 3.05) is 6.54 Å². The third-order valence-electron chi connectivity index (χ3n) is 3.75. The molecular formula is C16H25Cl2N. The van der Waals surface area contributed by atoms with Gasteiger partial charge in [0.2, 0.25) is 0 Å². The van der Waals surface area contributed by atoms with Crippen molar-refractivity contribution in [2.24, 2.45) is 5.92 Å². The molecule has 1 rings (SSSR count). The number of rotatable bonds is 8. The Morgan fingerprint density at radius 2 is 1.79 bits per heavy atom. The third-order valence-corrected chi connectivity index (χ3v) is 4.60. The molecule has 19 heavy (non-hydrogen) atoms. The first-order valence-corrected chi connectivity index (χ1v) is 8.05. The van der Waals surface area contributed by atoms with Crippen LogP contribution in [-0.2, 0) is 6.42 Å².